The zero-order valence-corrected chi connectivity index (χ0v) is 58.5. The number of unbranched alkanes of at least 4 members (excludes halogenated alkanes) is 2. The van der Waals surface area contributed by atoms with E-state index in [0.717, 1.165) is 70.4 Å². The first-order valence-electron chi connectivity index (χ1n) is 34.1. The van der Waals surface area contributed by atoms with Crippen molar-refractivity contribution >= 4 is 91.3 Å². The molecule has 4 bridgehead atoms. The van der Waals surface area contributed by atoms with Gasteiger partial charge in [-0.3, -0.25) is 43.7 Å². The molecular weight excluding hydrogens is 1270 g/mol. The van der Waals surface area contributed by atoms with Gasteiger partial charge >= 0.3 is 12.1 Å². The molecule has 98 heavy (non-hydrogen) atoms. The number of hydrogen-bond donors (Lipinski definition) is 4. The van der Waals surface area contributed by atoms with Crippen LogP contribution in [-0.2, 0) is 64.3 Å². The monoisotopic (exact) mass is 1360 g/mol. The number of aromatic carboxylic acids is 1. The third-order valence-electron chi connectivity index (χ3n) is 20.3. The van der Waals surface area contributed by atoms with Gasteiger partial charge in [0.05, 0.1) is 41.3 Å². The zero-order chi connectivity index (χ0) is 69.8. The lowest BCUT2D eigenvalue weighted by Gasteiger charge is -2.69. The summed E-state index contributed by atoms with van der Waals surface area (Å²) in [5.74, 6) is -3.54. The molecule has 5 heterocycles. The number of pyridine rings is 1. The number of ether oxygens (including phenoxy) is 3. The Labute approximate surface area is 576 Å². The highest BCUT2D eigenvalue weighted by molar-refractivity contribution is 7.22. The molecule has 4 N–H and O–H groups in total. The predicted molar refractivity (Wildman–Crippen MR) is 374 cm³/mol. The molecule has 4 saturated carbocycles. The van der Waals surface area contributed by atoms with E-state index in [0.29, 0.717) is 91.9 Å². The molecule has 23 nitrogen and oxygen atoms in total. The number of carboxylic acids is 1. The Morgan fingerprint density at radius 3 is 2.26 bits per heavy atom. The van der Waals surface area contributed by atoms with Crippen LogP contribution in [0.4, 0.5) is 27.1 Å². The highest BCUT2D eigenvalue weighted by Gasteiger charge is 2.66. The Hall–Kier alpha value is -8.87. The number of methoxy groups -OCH3 is 1. The van der Waals surface area contributed by atoms with E-state index in [1.165, 1.54) is 39.7 Å². The number of anilines is 4. The van der Waals surface area contributed by atoms with Crippen LogP contribution in [0.1, 0.15) is 148 Å². The first kappa shape index (κ1) is 70.4. The molecule has 0 saturated heterocycles. The number of Topliss-reactive ketones (excluding diaryl/α,β-unsaturated/α-hetero) is 1. The second-order valence-electron chi connectivity index (χ2n) is 29.0. The van der Waals surface area contributed by atoms with Gasteiger partial charge in [-0.15, -0.1) is 0 Å². The Kier molecular flexibility index (Phi) is 21.1. The number of likely N-dealkylation sites (N-methyl/N-ethyl adjacent to an activating group) is 2. The highest BCUT2D eigenvalue weighted by atomic mass is 32.1. The van der Waals surface area contributed by atoms with Crippen molar-refractivity contribution in [3.05, 3.63) is 125 Å². The van der Waals surface area contributed by atoms with Gasteiger partial charge in [0.1, 0.15) is 12.4 Å². The Morgan fingerprint density at radius 1 is 0.816 bits per heavy atom. The molecule has 3 aromatic carbocycles. The van der Waals surface area contributed by atoms with E-state index < -0.39 is 24.0 Å². The van der Waals surface area contributed by atoms with Crippen molar-refractivity contribution in [1.82, 2.24) is 34.9 Å². The van der Waals surface area contributed by atoms with Gasteiger partial charge in [0.2, 0.25) is 11.8 Å². The number of carbonyl (C=O) groups excluding carboxylic acids is 7. The summed E-state index contributed by atoms with van der Waals surface area (Å²) in [6.45, 7) is 15.7. The lowest BCUT2D eigenvalue weighted by atomic mass is 9.39. The third kappa shape index (κ3) is 16.0. The molecule has 12 rings (SSSR count). The Morgan fingerprint density at radius 2 is 1.55 bits per heavy atom. The molecule has 6 aromatic rings. The van der Waals surface area contributed by atoms with Gasteiger partial charge in [-0.05, 0) is 152 Å². The van der Waals surface area contributed by atoms with Gasteiger partial charge in [-0.25, -0.2) is 19.6 Å². The van der Waals surface area contributed by atoms with E-state index in [1.54, 1.807) is 51.5 Å². The molecule has 6 aliphatic rings. The summed E-state index contributed by atoms with van der Waals surface area (Å²) in [6, 6.07) is 21.3. The van der Waals surface area contributed by atoms with Gasteiger partial charge in [0.15, 0.2) is 16.6 Å². The van der Waals surface area contributed by atoms with Crippen LogP contribution in [0.2, 0.25) is 0 Å². The highest BCUT2D eigenvalue weighted by Crippen LogP contribution is 2.72. The minimum Gasteiger partial charge on any atom is -0.476 e. The number of imide groups is 1. The van der Waals surface area contributed by atoms with E-state index in [-0.39, 0.29) is 108 Å². The van der Waals surface area contributed by atoms with E-state index in [2.05, 4.69) is 40.5 Å². The zero-order valence-electron chi connectivity index (χ0n) is 57.7. The van der Waals surface area contributed by atoms with E-state index in [4.69, 9.17) is 29.3 Å². The Balaban J connectivity index is 0.697. The molecule has 0 radical (unpaired) electrons. The van der Waals surface area contributed by atoms with Crippen LogP contribution in [0.5, 0.6) is 0 Å². The smallest absolute Gasteiger partial charge is 0.409 e. The largest absolute Gasteiger partial charge is 0.476 e. The second-order valence-corrected chi connectivity index (χ2v) is 30.1. The summed E-state index contributed by atoms with van der Waals surface area (Å²) < 4.78 is 20.9. The topological polar surface area (TPSA) is 277 Å². The fourth-order valence-corrected chi connectivity index (χ4v) is 17.4. The van der Waals surface area contributed by atoms with Crippen LogP contribution < -0.4 is 25.8 Å². The lowest BCUT2D eigenvalue weighted by Crippen LogP contribution is -2.64. The number of aromatic nitrogens is 4. The first-order chi connectivity index (χ1) is 46.7. The molecule has 24 heteroatoms. The molecule has 4 atom stereocenters. The van der Waals surface area contributed by atoms with E-state index in [9.17, 15) is 43.5 Å². The normalized spacial score (nSPS) is 21.3. The number of carboxylic acid groups (broad SMARTS) is 1. The molecule has 520 valence electrons. The fraction of sp³-hybridized carbons (Fsp3) is 0.500. The maximum absolute atomic E-state index is 14.7. The Bertz CT molecular complexity index is 4000. The van der Waals surface area contributed by atoms with E-state index in [1.807, 2.05) is 80.1 Å². The van der Waals surface area contributed by atoms with Crippen LogP contribution >= 0.6 is 11.3 Å². The van der Waals surface area contributed by atoms with Crippen molar-refractivity contribution in [3.63, 3.8) is 0 Å². The molecule has 4 fully saturated rings. The van der Waals surface area contributed by atoms with Crippen LogP contribution in [0.15, 0.2) is 91.1 Å². The third-order valence-corrected chi connectivity index (χ3v) is 21.2. The number of ketones is 1. The maximum Gasteiger partial charge on any atom is 0.409 e. The van der Waals surface area contributed by atoms with Gasteiger partial charge < -0.3 is 44.7 Å². The number of amides is 6. The van der Waals surface area contributed by atoms with Crippen molar-refractivity contribution < 1.29 is 57.7 Å². The number of nitrogens with zero attached hydrogens (tertiary/aromatic N) is 8. The number of para-hydroxylation sites is 1. The number of fused-ring (bicyclic) bond motifs is 2. The van der Waals surface area contributed by atoms with Crippen LogP contribution in [-0.4, -0.2) is 154 Å². The quantitative estimate of drug-likeness (QED) is 0.0241. The molecule has 4 aliphatic carbocycles. The summed E-state index contributed by atoms with van der Waals surface area (Å²) >= 11 is 1.38. The second kappa shape index (κ2) is 29.3. The number of nitrogens with one attached hydrogen (secondary N) is 3. The van der Waals surface area contributed by atoms with Gasteiger partial charge in [0.25, 0.3) is 17.7 Å². The van der Waals surface area contributed by atoms with Crippen molar-refractivity contribution in [1.29, 1.82) is 0 Å². The average Bonchev–Trinajstić information content (AvgIpc) is 0.870. The minimum absolute atomic E-state index is 0.0216. The predicted octanol–water partition coefficient (Wildman–Crippen LogP) is 11.0. The molecule has 3 aromatic heterocycles. The van der Waals surface area contributed by atoms with Crippen molar-refractivity contribution in [2.45, 2.75) is 150 Å². The van der Waals surface area contributed by atoms with Crippen molar-refractivity contribution in [3.8, 4) is 11.1 Å². The van der Waals surface area contributed by atoms with Crippen LogP contribution in [0.3, 0.4) is 0 Å². The standard InChI is InChI=1S/C74H91N11O12S/c1-46(2)64(79-61(87)17-11-10-14-27-84-62(88)24-25-63(84)89)58(86)33-47(3)66(90)76-51-20-18-49(19-21-51)38-96-70(94)82(8)30-29-81(7)52-34-50-26-28-83(37-56(50)54(35-52)67(91)80-69-77-57-15-12-13-16-59(57)98-69)60-23-22-53(65(78-60)68(92)93)55-36-75-85(48(55)4)45-73-40-71(5)39-72(6,41-73)43-74(42-71,44-73)97-32-31-95-9/h12-13,15-16,18-25,34-36,46-47,64H,10-11,14,17,26-33,37-45H2,1-9H3,(H,76,90)(H,79,87)(H,92,93)(H,77,80,91)/t47-,64+,71?,72?,73?,74?/m1/s1. The summed E-state index contributed by atoms with van der Waals surface area (Å²) in [4.78, 5) is 121. The molecular formula is C74H91N11O12S. The summed E-state index contributed by atoms with van der Waals surface area (Å²) in [5, 5.41) is 25.0. The SMILES string of the molecule is COCCOC12CC3(C)CC(C)(CC(Cn4ncc(-c5ccc(N6CCc7cc(N(C)CCN(C)C(=O)OCc8ccc(NC(=O)[C@H](C)CC(=O)[C@@H](NC(=O)CCCCCN9C(=O)C=CC9=O)C(C)C)cc8)cc(C(=O)Nc8nc9ccccc9s8)c7C6)nc5C(=O)O)c4C)(C3)C1)C2. The lowest BCUT2D eigenvalue weighted by molar-refractivity contribution is -0.250. The summed E-state index contributed by atoms with van der Waals surface area (Å²) in [6.07, 6.45) is 12.4. The maximum atomic E-state index is 14.7. The van der Waals surface area contributed by atoms with Crippen LogP contribution in [0, 0.1) is 35.0 Å². The van der Waals surface area contributed by atoms with Gasteiger partial charge in [-0.1, -0.05) is 76.6 Å². The van der Waals surface area contributed by atoms with Gasteiger partial charge in [-0.2, -0.15) is 5.10 Å². The molecule has 2 aliphatic heterocycles. The van der Waals surface area contributed by atoms with Crippen LogP contribution in [0.25, 0.3) is 21.3 Å². The first-order valence-corrected chi connectivity index (χ1v) is 34.9. The van der Waals surface area contributed by atoms with Crippen molar-refractivity contribution in [2.75, 3.05) is 81.0 Å². The van der Waals surface area contributed by atoms with E-state index >= 15 is 0 Å². The molecule has 2 unspecified atom stereocenters. The summed E-state index contributed by atoms with van der Waals surface area (Å²) in [7, 11) is 5.25. The average molecular weight is 1360 g/mol. The summed E-state index contributed by atoms with van der Waals surface area (Å²) in [5.41, 5.74) is 6.93. The minimum atomic E-state index is -1.15. The van der Waals surface area contributed by atoms with Crippen molar-refractivity contribution in [2.24, 2.45) is 28.1 Å². The van der Waals surface area contributed by atoms with Gasteiger partial charge in [0, 0.05) is 125 Å². The molecule has 6 amide bonds. The number of rotatable bonds is 30. The number of hydrogen-bond acceptors (Lipinski definition) is 17. The number of carbonyl (C=O) groups is 8. The number of thiazole rings is 1. The fourth-order valence-electron chi connectivity index (χ4n) is 16.5. The number of benzene rings is 3. The molecule has 0 spiro atoms.